The number of hydrogen-bond acceptors (Lipinski definition) is 2. The van der Waals surface area contributed by atoms with Crippen molar-refractivity contribution in [2.75, 3.05) is 0 Å². The van der Waals surface area contributed by atoms with Crippen LogP contribution >= 0.6 is 0 Å². The van der Waals surface area contributed by atoms with Gasteiger partial charge in [0.2, 0.25) is 0 Å². The SMILES string of the molecule is C[C@]12CCC(=O)C=C1C(c1ccccc1)CC1C2CC[C@]2(C)C(c3cccnc3)=CCC12. The maximum absolute atomic E-state index is 12.5. The molecule has 1 aromatic heterocycles. The molecule has 6 atom stereocenters. The fourth-order valence-corrected chi connectivity index (χ4v) is 8.18. The maximum Gasteiger partial charge on any atom is 0.155 e. The Kier molecular flexibility index (Phi) is 4.58. The van der Waals surface area contributed by atoms with Crippen molar-refractivity contribution in [1.82, 2.24) is 4.98 Å². The van der Waals surface area contributed by atoms with Crippen LogP contribution in [0.1, 0.15) is 69.4 Å². The largest absolute Gasteiger partial charge is 0.295 e. The fourth-order valence-electron chi connectivity index (χ4n) is 8.18. The summed E-state index contributed by atoms with van der Waals surface area (Å²) < 4.78 is 0. The van der Waals surface area contributed by atoms with Crippen LogP contribution in [-0.2, 0) is 4.79 Å². The number of hydrogen-bond donors (Lipinski definition) is 0. The van der Waals surface area contributed by atoms with Crippen molar-refractivity contribution < 1.29 is 4.79 Å². The number of nitrogens with zero attached hydrogens (tertiary/aromatic N) is 1. The summed E-state index contributed by atoms with van der Waals surface area (Å²) in [6.07, 6.45) is 15.1. The minimum absolute atomic E-state index is 0.149. The average Bonchev–Trinajstić information content (AvgIpc) is 3.18. The van der Waals surface area contributed by atoms with Crippen LogP contribution in [0.4, 0.5) is 0 Å². The van der Waals surface area contributed by atoms with Crippen LogP contribution in [0.5, 0.6) is 0 Å². The number of allylic oxidation sites excluding steroid dienone is 4. The van der Waals surface area contributed by atoms with E-state index in [2.05, 4.69) is 73.4 Å². The zero-order valence-electron chi connectivity index (χ0n) is 19.3. The summed E-state index contributed by atoms with van der Waals surface area (Å²) in [5, 5.41) is 0. The van der Waals surface area contributed by atoms with Gasteiger partial charge < -0.3 is 0 Å². The van der Waals surface area contributed by atoms with E-state index in [0.29, 0.717) is 35.9 Å². The van der Waals surface area contributed by atoms with Crippen molar-refractivity contribution in [3.63, 3.8) is 0 Å². The zero-order chi connectivity index (χ0) is 21.9. The number of carbonyl (C=O) groups excluding carboxylic acids is 1. The molecule has 4 unspecified atom stereocenters. The number of pyridine rings is 1. The molecule has 1 heterocycles. The first-order valence-corrected chi connectivity index (χ1v) is 12.4. The molecule has 0 radical (unpaired) electrons. The quantitative estimate of drug-likeness (QED) is 0.520. The Morgan fingerprint density at radius 1 is 0.969 bits per heavy atom. The molecule has 2 nitrogen and oxygen atoms in total. The predicted octanol–water partition coefficient (Wildman–Crippen LogP) is 7.00. The molecule has 0 N–H and O–H groups in total. The Morgan fingerprint density at radius 2 is 1.81 bits per heavy atom. The molecule has 0 amide bonds. The van der Waals surface area contributed by atoms with Gasteiger partial charge in [-0.25, -0.2) is 0 Å². The molecule has 0 bridgehead atoms. The van der Waals surface area contributed by atoms with E-state index in [0.717, 1.165) is 6.42 Å². The van der Waals surface area contributed by atoms with Crippen molar-refractivity contribution in [2.45, 2.75) is 58.3 Å². The molecule has 4 aliphatic carbocycles. The lowest BCUT2D eigenvalue weighted by Crippen LogP contribution is -2.51. The highest BCUT2D eigenvalue weighted by Gasteiger charge is 2.59. The van der Waals surface area contributed by atoms with Crippen molar-refractivity contribution >= 4 is 11.4 Å². The second-order valence-corrected chi connectivity index (χ2v) is 11.1. The van der Waals surface area contributed by atoms with Gasteiger partial charge in [-0.3, -0.25) is 9.78 Å². The second-order valence-electron chi connectivity index (χ2n) is 11.1. The molecule has 1 aromatic carbocycles. The highest BCUT2D eigenvalue weighted by molar-refractivity contribution is 5.92. The van der Waals surface area contributed by atoms with E-state index < -0.39 is 0 Å². The van der Waals surface area contributed by atoms with Crippen LogP contribution in [0.25, 0.3) is 5.57 Å². The van der Waals surface area contributed by atoms with Crippen molar-refractivity contribution in [2.24, 2.45) is 28.6 Å². The lowest BCUT2D eigenvalue weighted by molar-refractivity contribution is -0.117. The Balaban J connectivity index is 1.42. The highest BCUT2D eigenvalue weighted by atomic mass is 16.1. The molecule has 2 saturated carbocycles. The molecule has 6 rings (SSSR count). The van der Waals surface area contributed by atoms with E-state index in [1.165, 1.54) is 48.0 Å². The smallest absolute Gasteiger partial charge is 0.155 e. The van der Waals surface area contributed by atoms with Gasteiger partial charge >= 0.3 is 0 Å². The molecule has 2 heteroatoms. The van der Waals surface area contributed by atoms with Crippen LogP contribution in [0.2, 0.25) is 0 Å². The Hall–Kier alpha value is -2.48. The first-order chi connectivity index (χ1) is 15.5. The minimum atomic E-state index is 0.149. The fraction of sp³-hybridized carbons (Fsp3) is 0.467. The molecule has 0 spiro atoms. The van der Waals surface area contributed by atoms with E-state index in [4.69, 9.17) is 0 Å². The molecule has 2 fully saturated rings. The summed E-state index contributed by atoms with van der Waals surface area (Å²) in [7, 11) is 0. The lowest BCUT2D eigenvalue weighted by atomic mass is 9.44. The van der Waals surface area contributed by atoms with Crippen molar-refractivity contribution in [3.8, 4) is 0 Å². The number of rotatable bonds is 2. The first kappa shape index (κ1) is 20.1. The van der Waals surface area contributed by atoms with Gasteiger partial charge in [-0.05, 0) is 89.5 Å². The molecule has 4 aliphatic rings. The number of ketones is 1. The first-order valence-electron chi connectivity index (χ1n) is 12.4. The topological polar surface area (TPSA) is 30.0 Å². The molecular weight excluding hydrogens is 390 g/mol. The molecular formula is C30H33NO. The number of carbonyl (C=O) groups is 1. The Labute approximate surface area is 191 Å². The number of aromatic nitrogens is 1. The van der Waals surface area contributed by atoms with E-state index in [1.807, 2.05) is 12.4 Å². The predicted molar refractivity (Wildman–Crippen MR) is 129 cm³/mol. The van der Waals surface area contributed by atoms with E-state index in [1.54, 1.807) is 0 Å². The summed E-state index contributed by atoms with van der Waals surface area (Å²) in [5.41, 5.74) is 6.03. The Bertz CT molecular complexity index is 1100. The molecule has 0 saturated heterocycles. The third-order valence-electron chi connectivity index (χ3n) is 9.76. The highest BCUT2D eigenvalue weighted by Crippen LogP contribution is 2.68. The van der Waals surface area contributed by atoms with E-state index in [9.17, 15) is 4.79 Å². The van der Waals surface area contributed by atoms with E-state index >= 15 is 0 Å². The number of benzene rings is 1. The van der Waals surface area contributed by atoms with Gasteiger partial charge in [0.15, 0.2) is 5.78 Å². The van der Waals surface area contributed by atoms with Gasteiger partial charge in [-0.1, -0.05) is 61.9 Å². The van der Waals surface area contributed by atoms with Gasteiger partial charge in [0.25, 0.3) is 0 Å². The third-order valence-corrected chi connectivity index (χ3v) is 9.76. The second kappa shape index (κ2) is 7.27. The van der Waals surface area contributed by atoms with Gasteiger partial charge in [0.1, 0.15) is 0 Å². The standard InChI is InChI=1S/C30H33NO/c1-29-15-13-27-24(26(29)11-10-25(29)21-9-6-16-31-19-21)18-23(20-7-4-3-5-8-20)28-17-22(32)12-14-30(27,28)2/h3-10,16-17,19,23-24,26-27H,11-15,18H2,1-2H3/t23?,24?,26?,27?,29-,30-/m1/s1. The summed E-state index contributed by atoms with van der Waals surface area (Å²) in [4.78, 5) is 17.0. The van der Waals surface area contributed by atoms with Crippen LogP contribution < -0.4 is 0 Å². The molecule has 0 aliphatic heterocycles. The molecule has 164 valence electrons. The Morgan fingerprint density at radius 3 is 2.59 bits per heavy atom. The minimum Gasteiger partial charge on any atom is -0.295 e. The monoisotopic (exact) mass is 423 g/mol. The maximum atomic E-state index is 12.5. The third kappa shape index (κ3) is 2.84. The number of fused-ring (bicyclic) bond motifs is 5. The normalized spacial score (nSPS) is 38.2. The summed E-state index contributed by atoms with van der Waals surface area (Å²) in [5.74, 6) is 2.76. The molecule has 2 aromatic rings. The lowest BCUT2D eigenvalue weighted by Gasteiger charge is -2.59. The van der Waals surface area contributed by atoms with Crippen LogP contribution in [0, 0.1) is 28.6 Å². The molecule has 32 heavy (non-hydrogen) atoms. The van der Waals surface area contributed by atoms with Gasteiger partial charge in [-0.15, -0.1) is 0 Å². The van der Waals surface area contributed by atoms with Crippen LogP contribution in [0.15, 0.2) is 72.6 Å². The summed E-state index contributed by atoms with van der Waals surface area (Å²) >= 11 is 0. The van der Waals surface area contributed by atoms with Gasteiger partial charge in [-0.2, -0.15) is 0 Å². The summed E-state index contributed by atoms with van der Waals surface area (Å²) in [6, 6.07) is 15.3. The van der Waals surface area contributed by atoms with Crippen molar-refractivity contribution in [1.29, 1.82) is 0 Å². The van der Waals surface area contributed by atoms with Crippen LogP contribution in [-0.4, -0.2) is 10.8 Å². The average molecular weight is 424 g/mol. The van der Waals surface area contributed by atoms with Gasteiger partial charge in [0.05, 0.1) is 0 Å². The summed E-state index contributed by atoms with van der Waals surface area (Å²) in [6.45, 7) is 5.01. The van der Waals surface area contributed by atoms with Gasteiger partial charge in [0, 0.05) is 24.7 Å². The van der Waals surface area contributed by atoms with Crippen molar-refractivity contribution in [3.05, 3.63) is 83.7 Å². The van der Waals surface area contributed by atoms with Crippen LogP contribution in [0.3, 0.4) is 0 Å². The zero-order valence-corrected chi connectivity index (χ0v) is 19.3. The van der Waals surface area contributed by atoms with E-state index in [-0.39, 0.29) is 10.8 Å².